The third kappa shape index (κ3) is 3.19. The van der Waals surface area contributed by atoms with Crippen molar-refractivity contribution >= 4 is 21.9 Å². The van der Waals surface area contributed by atoms with Gasteiger partial charge in [0.25, 0.3) is 0 Å². The number of ether oxygens (including phenoxy) is 1. The van der Waals surface area contributed by atoms with Crippen LogP contribution in [0, 0.1) is 0 Å². The first-order valence-corrected chi connectivity index (χ1v) is 5.65. The van der Waals surface area contributed by atoms with Crippen molar-refractivity contribution in [2.24, 2.45) is 5.84 Å². The van der Waals surface area contributed by atoms with Crippen LogP contribution in [-0.2, 0) is 14.9 Å². The van der Waals surface area contributed by atoms with Gasteiger partial charge in [0, 0.05) is 0 Å². The highest BCUT2D eigenvalue weighted by Crippen LogP contribution is 2.12. The van der Waals surface area contributed by atoms with Gasteiger partial charge in [-0.05, 0) is 18.2 Å². The number of methoxy groups -OCH3 is 1. The number of benzene rings is 1. The monoisotopic (exact) mass is 245 g/mol. The van der Waals surface area contributed by atoms with Gasteiger partial charge in [0.2, 0.25) is 0 Å². The number of nitrogens with two attached hydrogens (primary N) is 1. The summed E-state index contributed by atoms with van der Waals surface area (Å²) < 4.78 is 28.7. The maximum atomic E-state index is 11.2. The summed E-state index contributed by atoms with van der Waals surface area (Å²) in [4.78, 5) is 12.8. The first kappa shape index (κ1) is 12.4. The number of esters is 1. The van der Waals surface area contributed by atoms with Crippen LogP contribution in [0.2, 0.25) is 0 Å². The molecule has 88 valence electrons. The molecular weight excluding hydrogens is 234 g/mol. The zero-order chi connectivity index (χ0) is 12.2. The Labute approximate surface area is 92.7 Å². The Morgan fingerprint density at radius 2 is 2.12 bits per heavy atom. The van der Waals surface area contributed by atoms with Crippen molar-refractivity contribution in [3.8, 4) is 0 Å². The normalized spacial score (nSPS) is 10.9. The highest BCUT2D eigenvalue weighted by Gasteiger charge is 2.09. The minimum atomic E-state index is -3.80. The molecule has 0 radical (unpaired) electrons. The molecule has 0 aromatic heterocycles. The summed E-state index contributed by atoms with van der Waals surface area (Å²) in [6, 6.07) is 5.82. The average Bonchev–Trinajstić information content (AvgIpc) is 2.28. The fourth-order valence-corrected chi connectivity index (χ4v) is 1.51. The van der Waals surface area contributed by atoms with E-state index in [1.807, 2.05) is 0 Å². The van der Waals surface area contributed by atoms with Gasteiger partial charge in [-0.3, -0.25) is 10.6 Å². The van der Waals surface area contributed by atoms with Crippen molar-refractivity contribution in [1.82, 2.24) is 4.83 Å². The van der Waals surface area contributed by atoms with Gasteiger partial charge in [-0.1, -0.05) is 6.07 Å². The Balaban J connectivity index is 2.96. The molecule has 7 nitrogen and oxygen atoms in total. The van der Waals surface area contributed by atoms with Crippen LogP contribution in [0.3, 0.4) is 0 Å². The quantitative estimate of drug-likeness (QED) is 0.379. The van der Waals surface area contributed by atoms with Gasteiger partial charge in [-0.2, -0.15) is 8.42 Å². The van der Waals surface area contributed by atoms with Crippen LogP contribution in [0.4, 0.5) is 5.69 Å². The molecule has 1 aromatic rings. The van der Waals surface area contributed by atoms with Crippen molar-refractivity contribution in [1.29, 1.82) is 0 Å². The summed E-state index contributed by atoms with van der Waals surface area (Å²) in [5, 5.41) is 0. The van der Waals surface area contributed by atoms with Crippen molar-refractivity contribution in [2.75, 3.05) is 11.8 Å². The van der Waals surface area contributed by atoms with E-state index >= 15 is 0 Å². The van der Waals surface area contributed by atoms with E-state index in [0.717, 1.165) is 0 Å². The predicted octanol–water partition coefficient (Wildman–Crippen LogP) is -0.407. The number of carbonyl (C=O) groups excluding carboxylic acids is 1. The van der Waals surface area contributed by atoms with Gasteiger partial charge in [-0.15, -0.1) is 4.83 Å². The fourth-order valence-electron chi connectivity index (χ4n) is 1.01. The topological polar surface area (TPSA) is 111 Å². The van der Waals surface area contributed by atoms with Gasteiger partial charge >= 0.3 is 16.2 Å². The second-order valence-electron chi connectivity index (χ2n) is 2.80. The lowest BCUT2D eigenvalue weighted by Gasteiger charge is -2.07. The van der Waals surface area contributed by atoms with E-state index < -0.39 is 16.2 Å². The Hall–Kier alpha value is -1.64. The van der Waals surface area contributed by atoms with Crippen molar-refractivity contribution < 1.29 is 17.9 Å². The number of carbonyl (C=O) groups is 1. The van der Waals surface area contributed by atoms with Gasteiger partial charge in [0.1, 0.15) is 0 Å². The molecule has 0 fully saturated rings. The van der Waals surface area contributed by atoms with Gasteiger partial charge < -0.3 is 4.74 Å². The van der Waals surface area contributed by atoms with Crippen LogP contribution in [0.5, 0.6) is 0 Å². The molecule has 0 bridgehead atoms. The van der Waals surface area contributed by atoms with Crippen LogP contribution in [0.25, 0.3) is 0 Å². The molecule has 0 atom stereocenters. The van der Waals surface area contributed by atoms with Crippen LogP contribution in [0.1, 0.15) is 10.4 Å². The maximum Gasteiger partial charge on any atom is 0.337 e. The Morgan fingerprint density at radius 1 is 1.44 bits per heavy atom. The van der Waals surface area contributed by atoms with E-state index in [9.17, 15) is 13.2 Å². The summed E-state index contributed by atoms with van der Waals surface area (Å²) in [6.07, 6.45) is 0. The van der Waals surface area contributed by atoms with Crippen molar-refractivity contribution in [3.05, 3.63) is 29.8 Å². The number of hydrogen-bond acceptors (Lipinski definition) is 5. The molecule has 8 heteroatoms. The number of nitrogens with one attached hydrogen (secondary N) is 2. The van der Waals surface area contributed by atoms with Crippen molar-refractivity contribution in [2.45, 2.75) is 0 Å². The zero-order valence-corrected chi connectivity index (χ0v) is 9.24. The summed E-state index contributed by atoms with van der Waals surface area (Å²) in [5.41, 5.74) is 0.445. The summed E-state index contributed by atoms with van der Waals surface area (Å²) in [7, 11) is -2.56. The minimum absolute atomic E-state index is 0.209. The molecule has 0 saturated carbocycles. The second kappa shape index (κ2) is 4.92. The van der Waals surface area contributed by atoms with Gasteiger partial charge in [0.15, 0.2) is 0 Å². The molecule has 16 heavy (non-hydrogen) atoms. The molecule has 1 rings (SSSR count). The molecule has 0 aliphatic carbocycles. The van der Waals surface area contributed by atoms with E-state index in [4.69, 9.17) is 5.84 Å². The third-order valence-corrected chi connectivity index (χ3v) is 2.51. The largest absolute Gasteiger partial charge is 0.465 e. The lowest BCUT2D eigenvalue weighted by molar-refractivity contribution is 0.0601. The molecule has 0 saturated heterocycles. The van der Waals surface area contributed by atoms with Gasteiger partial charge in [-0.25, -0.2) is 4.79 Å². The summed E-state index contributed by atoms with van der Waals surface area (Å²) in [5.74, 6) is 4.23. The van der Waals surface area contributed by atoms with Crippen LogP contribution < -0.4 is 15.4 Å². The highest BCUT2D eigenvalue weighted by atomic mass is 32.2. The Bertz CT molecular complexity index is 486. The Morgan fingerprint density at radius 3 is 2.69 bits per heavy atom. The van der Waals surface area contributed by atoms with Crippen molar-refractivity contribution in [3.63, 3.8) is 0 Å². The third-order valence-electron chi connectivity index (χ3n) is 1.69. The molecule has 0 unspecified atom stereocenters. The number of rotatable bonds is 4. The smallest absolute Gasteiger partial charge is 0.337 e. The van der Waals surface area contributed by atoms with E-state index in [1.54, 1.807) is 4.83 Å². The number of hydrazine groups is 1. The van der Waals surface area contributed by atoms with E-state index in [1.165, 1.54) is 31.4 Å². The van der Waals surface area contributed by atoms with E-state index in [-0.39, 0.29) is 11.3 Å². The minimum Gasteiger partial charge on any atom is -0.465 e. The van der Waals surface area contributed by atoms with Crippen LogP contribution in [-0.4, -0.2) is 21.5 Å². The molecule has 0 heterocycles. The summed E-state index contributed by atoms with van der Waals surface area (Å²) in [6.45, 7) is 0. The SMILES string of the molecule is COC(=O)c1cccc(NS(=O)(=O)NN)c1. The zero-order valence-electron chi connectivity index (χ0n) is 8.43. The maximum absolute atomic E-state index is 11.2. The highest BCUT2D eigenvalue weighted by molar-refractivity contribution is 7.90. The molecule has 0 spiro atoms. The van der Waals surface area contributed by atoms with E-state index in [2.05, 4.69) is 9.46 Å². The standard InChI is InChI=1S/C8H11N3O4S/c1-15-8(12)6-3-2-4-7(5-6)10-16(13,14)11-9/h2-5,10-11H,9H2,1H3. The number of anilines is 1. The Kier molecular flexibility index (Phi) is 3.82. The molecule has 4 N–H and O–H groups in total. The van der Waals surface area contributed by atoms with Crippen LogP contribution in [0.15, 0.2) is 24.3 Å². The lowest BCUT2D eigenvalue weighted by Crippen LogP contribution is -2.35. The fraction of sp³-hybridized carbons (Fsp3) is 0.125. The molecule has 1 aromatic carbocycles. The first-order chi connectivity index (χ1) is 7.48. The lowest BCUT2D eigenvalue weighted by atomic mass is 10.2. The van der Waals surface area contributed by atoms with Gasteiger partial charge in [0.05, 0.1) is 18.4 Å². The molecule has 0 aliphatic rings. The molecule has 0 amide bonds. The first-order valence-electron chi connectivity index (χ1n) is 4.17. The molecular formula is C8H11N3O4S. The second-order valence-corrected chi connectivity index (χ2v) is 4.24. The summed E-state index contributed by atoms with van der Waals surface area (Å²) >= 11 is 0. The number of hydrogen-bond donors (Lipinski definition) is 3. The van der Waals surface area contributed by atoms with Crippen LogP contribution >= 0.6 is 0 Å². The average molecular weight is 245 g/mol. The molecule has 0 aliphatic heterocycles. The predicted molar refractivity (Wildman–Crippen MR) is 57.6 cm³/mol. The van der Waals surface area contributed by atoms with E-state index in [0.29, 0.717) is 0 Å².